The minimum atomic E-state index is -0.391. The number of nitrogens with one attached hydrogen (secondary N) is 1. The summed E-state index contributed by atoms with van der Waals surface area (Å²) in [6.45, 7) is 2.62. The molecule has 2 aromatic heterocycles. The average Bonchev–Trinajstić information content (AvgIpc) is 3.19. The maximum absolute atomic E-state index is 12.0. The zero-order valence-corrected chi connectivity index (χ0v) is 15.3. The Hall–Kier alpha value is -2.67. The van der Waals surface area contributed by atoms with E-state index in [-0.39, 0.29) is 30.9 Å². The fourth-order valence-corrected chi connectivity index (χ4v) is 3.57. The van der Waals surface area contributed by atoms with Crippen molar-refractivity contribution in [3.05, 3.63) is 56.6 Å². The lowest BCUT2D eigenvalue weighted by Crippen LogP contribution is -2.18. The Balaban J connectivity index is 1.42. The minimum Gasteiger partial charge on any atom is -0.466 e. The van der Waals surface area contributed by atoms with Gasteiger partial charge in [0.25, 0.3) is 0 Å². The van der Waals surface area contributed by atoms with Gasteiger partial charge in [-0.1, -0.05) is 12.1 Å². The van der Waals surface area contributed by atoms with E-state index < -0.39 is 5.97 Å². The quantitative estimate of drug-likeness (QED) is 0.374. The Morgan fingerprint density at radius 2 is 1.96 bits per heavy atom. The average molecular weight is 372 g/mol. The third-order valence-electron chi connectivity index (χ3n) is 4.04. The number of nitrogens with zero attached hydrogens (tertiary/aromatic N) is 1. The number of aromatic amines is 1. The van der Waals surface area contributed by atoms with Crippen LogP contribution in [0.5, 0.6) is 0 Å². The van der Waals surface area contributed by atoms with Crippen molar-refractivity contribution in [3.8, 4) is 0 Å². The second-order valence-corrected chi connectivity index (χ2v) is 7.29. The van der Waals surface area contributed by atoms with Crippen molar-refractivity contribution in [2.75, 3.05) is 6.61 Å². The highest BCUT2D eigenvalue weighted by Gasteiger charge is 2.12. The lowest BCUT2D eigenvalue weighted by Gasteiger charge is -2.05. The number of ether oxygens (including phenoxy) is 1. The van der Waals surface area contributed by atoms with Gasteiger partial charge >= 0.3 is 11.7 Å². The molecule has 1 N–H and O–H groups in total. The number of aryl methyl sites for hydroxylation is 2. The number of Topliss-reactive ketones (excluding diaryl/α,β-unsaturated/α-hetero) is 1. The first-order chi connectivity index (χ1) is 12.5. The number of imidazole rings is 1. The van der Waals surface area contributed by atoms with Crippen LogP contribution in [0.15, 0.2) is 41.2 Å². The fourth-order valence-electron chi connectivity index (χ4n) is 2.73. The van der Waals surface area contributed by atoms with E-state index in [0.717, 1.165) is 15.9 Å². The van der Waals surface area contributed by atoms with Crippen molar-refractivity contribution in [1.29, 1.82) is 0 Å². The second-order valence-electron chi connectivity index (χ2n) is 6.01. The molecule has 0 fully saturated rings. The topological polar surface area (TPSA) is 81.2 Å². The number of hydrogen-bond acceptors (Lipinski definition) is 5. The zero-order chi connectivity index (χ0) is 18.5. The van der Waals surface area contributed by atoms with E-state index in [1.54, 1.807) is 10.6 Å². The number of fused-ring (bicyclic) bond motifs is 1. The first-order valence-corrected chi connectivity index (χ1v) is 9.29. The molecule has 0 amide bonds. The molecule has 0 radical (unpaired) electrons. The van der Waals surface area contributed by atoms with Crippen LogP contribution in [-0.2, 0) is 16.1 Å². The SMILES string of the molecule is Cc1ccc(C(=O)CCC(=O)OCCCn2c(=O)[nH]c3ccccc32)s1. The van der Waals surface area contributed by atoms with Crippen LogP contribution in [0.25, 0.3) is 11.0 Å². The minimum absolute atomic E-state index is 0.0367. The van der Waals surface area contributed by atoms with E-state index in [1.165, 1.54) is 11.3 Å². The number of hydrogen-bond donors (Lipinski definition) is 1. The molecule has 3 aromatic rings. The molecule has 0 saturated carbocycles. The van der Waals surface area contributed by atoms with E-state index in [4.69, 9.17) is 4.74 Å². The molecular weight excluding hydrogens is 352 g/mol. The van der Waals surface area contributed by atoms with Crippen LogP contribution in [0.4, 0.5) is 0 Å². The maximum Gasteiger partial charge on any atom is 0.326 e. The number of H-pyrrole nitrogens is 1. The molecule has 1 aromatic carbocycles. The Kier molecular flexibility index (Phi) is 5.68. The standard InChI is InChI=1S/C19H20N2O4S/c1-13-7-9-17(26-13)16(22)8-10-18(23)25-12-4-11-21-15-6-3-2-5-14(15)20-19(21)24/h2-3,5-7,9H,4,8,10-12H2,1H3,(H,20,24). The normalized spacial score (nSPS) is 11.0. The van der Waals surface area contributed by atoms with Gasteiger partial charge in [-0.3, -0.25) is 14.2 Å². The van der Waals surface area contributed by atoms with Crippen LogP contribution in [0.2, 0.25) is 0 Å². The van der Waals surface area contributed by atoms with Crippen LogP contribution < -0.4 is 5.69 Å². The van der Waals surface area contributed by atoms with E-state index in [0.29, 0.717) is 17.8 Å². The number of thiophene rings is 1. The van der Waals surface area contributed by atoms with Crippen molar-refractivity contribution in [2.24, 2.45) is 0 Å². The van der Waals surface area contributed by atoms with Gasteiger partial charge in [-0.2, -0.15) is 0 Å². The Morgan fingerprint density at radius 3 is 2.73 bits per heavy atom. The molecule has 0 aliphatic heterocycles. The van der Waals surface area contributed by atoms with Gasteiger partial charge in [0.1, 0.15) is 0 Å². The van der Waals surface area contributed by atoms with Crippen molar-refractivity contribution in [3.63, 3.8) is 0 Å². The lowest BCUT2D eigenvalue weighted by molar-refractivity contribution is -0.143. The second kappa shape index (κ2) is 8.14. The highest BCUT2D eigenvalue weighted by molar-refractivity contribution is 7.14. The van der Waals surface area contributed by atoms with Gasteiger partial charge in [-0.15, -0.1) is 11.3 Å². The number of benzene rings is 1. The Bertz CT molecular complexity index is 983. The summed E-state index contributed by atoms with van der Waals surface area (Å²) in [6, 6.07) is 11.1. The molecule has 136 valence electrons. The molecule has 2 heterocycles. The predicted octanol–water partition coefficient (Wildman–Crippen LogP) is 3.30. The van der Waals surface area contributed by atoms with E-state index in [2.05, 4.69) is 4.98 Å². The Labute approximate surface area is 154 Å². The molecule has 6 nitrogen and oxygen atoms in total. The molecule has 0 saturated heterocycles. The van der Waals surface area contributed by atoms with Crippen LogP contribution in [-0.4, -0.2) is 27.9 Å². The first-order valence-electron chi connectivity index (χ1n) is 8.47. The third kappa shape index (κ3) is 4.29. The molecule has 3 rings (SSSR count). The van der Waals surface area contributed by atoms with Crippen molar-refractivity contribution >= 4 is 34.1 Å². The van der Waals surface area contributed by atoms with Crippen molar-refractivity contribution in [2.45, 2.75) is 32.7 Å². The van der Waals surface area contributed by atoms with Gasteiger partial charge in [-0.05, 0) is 37.6 Å². The molecule has 0 bridgehead atoms. The Morgan fingerprint density at radius 1 is 1.15 bits per heavy atom. The van der Waals surface area contributed by atoms with Gasteiger partial charge in [0.2, 0.25) is 0 Å². The molecular formula is C19H20N2O4S. The zero-order valence-electron chi connectivity index (χ0n) is 14.5. The number of aromatic nitrogens is 2. The van der Waals surface area contributed by atoms with E-state index >= 15 is 0 Å². The van der Waals surface area contributed by atoms with Gasteiger partial charge in [-0.25, -0.2) is 4.79 Å². The number of carbonyl (C=O) groups is 2. The summed E-state index contributed by atoms with van der Waals surface area (Å²) < 4.78 is 6.80. The summed E-state index contributed by atoms with van der Waals surface area (Å²) in [5, 5.41) is 0. The summed E-state index contributed by atoms with van der Waals surface area (Å²) in [4.78, 5) is 40.2. The van der Waals surface area contributed by atoms with Crippen LogP contribution >= 0.6 is 11.3 Å². The highest BCUT2D eigenvalue weighted by atomic mass is 32.1. The number of esters is 1. The monoisotopic (exact) mass is 372 g/mol. The molecule has 7 heteroatoms. The lowest BCUT2D eigenvalue weighted by atomic mass is 10.2. The van der Waals surface area contributed by atoms with Crippen LogP contribution in [0, 0.1) is 6.92 Å². The fraction of sp³-hybridized carbons (Fsp3) is 0.316. The van der Waals surface area contributed by atoms with Gasteiger partial charge in [0, 0.05) is 17.8 Å². The smallest absolute Gasteiger partial charge is 0.326 e. The molecule has 0 spiro atoms. The molecule has 0 aliphatic carbocycles. The summed E-state index contributed by atoms with van der Waals surface area (Å²) in [5.41, 5.74) is 1.45. The summed E-state index contributed by atoms with van der Waals surface area (Å²) >= 11 is 1.43. The number of carbonyl (C=O) groups excluding carboxylic acids is 2. The summed E-state index contributed by atoms with van der Waals surface area (Å²) in [7, 11) is 0. The first kappa shape index (κ1) is 18.1. The molecule has 0 atom stereocenters. The summed E-state index contributed by atoms with van der Waals surface area (Å²) in [5.74, 6) is -0.428. The van der Waals surface area contributed by atoms with Crippen molar-refractivity contribution in [1.82, 2.24) is 9.55 Å². The van der Waals surface area contributed by atoms with E-state index in [1.807, 2.05) is 37.3 Å². The maximum atomic E-state index is 12.0. The summed E-state index contributed by atoms with van der Waals surface area (Å²) in [6.07, 6.45) is 0.759. The van der Waals surface area contributed by atoms with Gasteiger partial charge in [0.05, 0.1) is 28.9 Å². The number of ketones is 1. The van der Waals surface area contributed by atoms with Crippen LogP contribution in [0.3, 0.4) is 0 Å². The highest BCUT2D eigenvalue weighted by Crippen LogP contribution is 2.17. The predicted molar refractivity (Wildman–Crippen MR) is 101 cm³/mol. The number of rotatable bonds is 8. The number of para-hydroxylation sites is 2. The largest absolute Gasteiger partial charge is 0.466 e. The van der Waals surface area contributed by atoms with Gasteiger partial charge in [0.15, 0.2) is 5.78 Å². The van der Waals surface area contributed by atoms with Crippen molar-refractivity contribution < 1.29 is 14.3 Å². The van der Waals surface area contributed by atoms with E-state index in [9.17, 15) is 14.4 Å². The van der Waals surface area contributed by atoms with Gasteiger partial charge < -0.3 is 9.72 Å². The molecule has 0 aliphatic rings. The van der Waals surface area contributed by atoms with Crippen LogP contribution in [0.1, 0.15) is 33.8 Å². The molecule has 26 heavy (non-hydrogen) atoms. The molecule has 0 unspecified atom stereocenters. The third-order valence-corrected chi connectivity index (χ3v) is 5.08.